The molecule has 1 saturated heterocycles. The molecule has 0 saturated carbocycles. The van der Waals surface area contributed by atoms with Gasteiger partial charge in [0.1, 0.15) is 4.90 Å². The maximum absolute atomic E-state index is 12.5. The Morgan fingerprint density at radius 1 is 1.41 bits per heavy atom. The summed E-state index contributed by atoms with van der Waals surface area (Å²) in [7, 11) is -1.68. The molecular weight excluding hydrogens is 320 g/mol. The molecule has 0 atom stereocenters. The Hall–Kier alpha value is -1.22. The van der Waals surface area contributed by atoms with Crippen LogP contribution in [0.15, 0.2) is 34.1 Å². The molecule has 2 aromatic rings. The molecule has 1 fully saturated rings. The number of thiophene rings is 1. The summed E-state index contributed by atoms with van der Waals surface area (Å²) in [6.45, 7) is 1.96. The number of aryl methyl sites for hydroxylation is 1. The summed E-state index contributed by atoms with van der Waals surface area (Å²) in [5, 5.41) is 11.7. The van der Waals surface area contributed by atoms with Crippen LogP contribution in [0.3, 0.4) is 0 Å². The zero-order valence-corrected chi connectivity index (χ0v) is 14.1. The second-order valence-corrected chi connectivity index (χ2v) is 8.26. The van der Waals surface area contributed by atoms with Crippen molar-refractivity contribution in [2.24, 2.45) is 7.05 Å². The normalized spacial score (nSPS) is 17.9. The van der Waals surface area contributed by atoms with Gasteiger partial charge < -0.3 is 5.32 Å². The summed E-state index contributed by atoms with van der Waals surface area (Å²) in [4.78, 5) is 0.277. The lowest BCUT2D eigenvalue weighted by atomic mass is 10.1. The van der Waals surface area contributed by atoms with Crippen LogP contribution in [0.1, 0.15) is 18.4 Å². The van der Waals surface area contributed by atoms with Gasteiger partial charge in [-0.1, -0.05) is 0 Å². The minimum absolute atomic E-state index is 0.277. The van der Waals surface area contributed by atoms with Gasteiger partial charge >= 0.3 is 0 Å². The molecule has 0 aliphatic carbocycles. The monoisotopic (exact) mass is 340 g/mol. The van der Waals surface area contributed by atoms with Crippen molar-refractivity contribution in [2.45, 2.75) is 30.3 Å². The van der Waals surface area contributed by atoms with Crippen LogP contribution in [0.4, 0.5) is 0 Å². The van der Waals surface area contributed by atoms with Gasteiger partial charge in [-0.15, -0.1) is 0 Å². The number of rotatable bonds is 5. The molecule has 6 nitrogen and oxygen atoms in total. The average Bonchev–Trinajstić information content (AvgIpc) is 3.17. The molecule has 0 spiro atoms. The molecule has 1 aliphatic heterocycles. The van der Waals surface area contributed by atoms with E-state index in [-0.39, 0.29) is 4.90 Å². The van der Waals surface area contributed by atoms with E-state index in [1.165, 1.54) is 16.4 Å². The van der Waals surface area contributed by atoms with Crippen molar-refractivity contribution in [1.82, 2.24) is 19.4 Å². The molecule has 0 radical (unpaired) electrons. The van der Waals surface area contributed by atoms with Gasteiger partial charge in [0.05, 0.1) is 6.20 Å². The third-order valence-electron chi connectivity index (χ3n) is 3.95. The smallest absolute Gasteiger partial charge is 0.246 e. The summed E-state index contributed by atoms with van der Waals surface area (Å²) in [6.07, 6.45) is 4.64. The quantitative estimate of drug-likeness (QED) is 0.894. The van der Waals surface area contributed by atoms with Crippen molar-refractivity contribution in [2.75, 3.05) is 13.1 Å². The van der Waals surface area contributed by atoms with Gasteiger partial charge in [-0.3, -0.25) is 4.68 Å². The number of piperidine rings is 1. The van der Waals surface area contributed by atoms with Gasteiger partial charge in [-0.2, -0.15) is 20.7 Å². The Morgan fingerprint density at radius 2 is 2.18 bits per heavy atom. The fourth-order valence-electron chi connectivity index (χ4n) is 2.64. The summed E-state index contributed by atoms with van der Waals surface area (Å²) in [5.74, 6) is 0. The first-order chi connectivity index (χ1) is 10.6. The van der Waals surface area contributed by atoms with Crippen LogP contribution in [0.25, 0.3) is 0 Å². The number of nitrogens with one attached hydrogen (secondary N) is 1. The fourth-order valence-corrected chi connectivity index (χ4v) is 4.76. The largest absolute Gasteiger partial charge is 0.310 e. The van der Waals surface area contributed by atoms with E-state index in [9.17, 15) is 8.42 Å². The van der Waals surface area contributed by atoms with Crippen molar-refractivity contribution < 1.29 is 8.42 Å². The van der Waals surface area contributed by atoms with Crippen LogP contribution in [0.5, 0.6) is 0 Å². The summed E-state index contributed by atoms with van der Waals surface area (Å²) in [6, 6.07) is 2.49. The van der Waals surface area contributed by atoms with E-state index in [4.69, 9.17) is 0 Å². The van der Waals surface area contributed by atoms with Crippen molar-refractivity contribution >= 4 is 21.4 Å². The fraction of sp³-hybridized carbons (Fsp3) is 0.500. The van der Waals surface area contributed by atoms with E-state index in [2.05, 4.69) is 27.2 Å². The molecule has 22 heavy (non-hydrogen) atoms. The van der Waals surface area contributed by atoms with E-state index in [0.29, 0.717) is 19.1 Å². The van der Waals surface area contributed by atoms with Crippen LogP contribution < -0.4 is 5.32 Å². The van der Waals surface area contributed by atoms with E-state index >= 15 is 0 Å². The Kier molecular flexibility index (Phi) is 4.62. The first-order valence-electron chi connectivity index (χ1n) is 7.29. The number of aromatic nitrogens is 2. The van der Waals surface area contributed by atoms with Gasteiger partial charge in [0.25, 0.3) is 0 Å². The topological polar surface area (TPSA) is 67.2 Å². The lowest BCUT2D eigenvalue weighted by Crippen LogP contribution is -2.44. The van der Waals surface area contributed by atoms with E-state index < -0.39 is 10.0 Å². The minimum atomic E-state index is -3.40. The number of hydrogen-bond acceptors (Lipinski definition) is 5. The molecule has 3 rings (SSSR count). The van der Waals surface area contributed by atoms with Gasteiger partial charge in [-0.05, 0) is 35.2 Å². The number of nitrogens with zero attached hydrogens (tertiary/aromatic N) is 3. The van der Waals surface area contributed by atoms with E-state index in [0.717, 1.165) is 19.4 Å². The van der Waals surface area contributed by atoms with Gasteiger partial charge in [-0.25, -0.2) is 8.42 Å². The predicted molar refractivity (Wildman–Crippen MR) is 86.1 cm³/mol. The number of hydrogen-bond donors (Lipinski definition) is 1. The zero-order valence-electron chi connectivity index (χ0n) is 12.5. The summed E-state index contributed by atoms with van der Waals surface area (Å²) < 4.78 is 28.1. The maximum atomic E-state index is 12.5. The van der Waals surface area contributed by atoms with Crippen LogP contribution in [-0.4, -0.2) is 41.6 Å². The molecule has 2 aromatic heterocycles. The molecule has 3 heterocycles. The standard InChI is InChI=1S/C14H20N4O2S2/c1-17-10-14(9-16-17)22(19,20)18-5-2-13(3-6-18)15-8-12-4-7-21-11-12/h4,7,9-11,13,15H,2-3,5-6,8H2,1H3. The second-order valence-electron chi connectivity index (χ2n) is 5.54. The van der Waals surface area contributed by atoms with Gasteiger partial charge in [0, 0.05) is 38.9 Å². The third kappa shape index (κ3) is 3.40. The third-order valence-corrected chi connectivity index (χ3v) is 6.53. The Balaban J connectivity index is 1.55. The molecular formula is C14H20N4O2S2. The highest BCUT2D eigenvalue weighted by atomic mass is 32.2. The maximum Gasteiger partial charge on any atom is 0.246 e. The highest BCUT2D eigenvalue weighted by Crippen LogP contribution is 2.20. The summed E-state index contributed by atoms with van der Waals surface area (Å²) in [5.41, 5.74) is 1.29. The molecule has 120 valence electrons. The highest BCUT2D eigenvalue weighted by Gasteiger charge is 2.30. The molecule has 0 aromatic carbocycles. The van der Waals surface area contributed by atoms with Crippen molar-refractivity contribution in [3.8, 4) is 0 Å². The highest BCUT2D eigenvalue weighted by molar-refractivity contribution is 7.89. The first kappa shape index (κ1) is 15.7. The molecule has 1 N–H and O–H groups in total. The number of sulfonamides is 1. The first-order valence-corrected chi connectivity index (χ1v) is 9.67. The van der Waals surface area contributed by atoms with Crippen LogP contribution in [0.2, 0.25) is 0 Å². The average molecular weight is 340 g/mol. The van der Waals surface area contributed by atoms with Crippen molar-refractivity contribution in [3.05, 3.63) is 34.8 Å². The second kappa shape index (κ2) is 6.49. The van der Waals surface area contributed by atoms with Crippen LogP contribution in [0, 0.1) is 0 Å². The van der Waals surface area contributed by atoms with E-state index in [1.807, 2.05) is 0 Å². The molecule has 1 aliphatic rings. The zero-order chi connectivity index (χ0) is 15.6. The van der Waals surface area contributed by atoms with Crippen LogP contribution >= 0.6 is 11.3 Å². The van der Waals surface area contributed by atoms with Crippen LogP contribution in [-0.2, 0) is 23.6 Å². The molecule has 0 unspecified atom stereocenters. The van der Waals surface area contributed by atoms with Crippen molar-refractivity contribution in [1.29, 1.82) is 0 Å². The Labute approximate surface area is 134 Å². The molecule has 0 bridgehead atoms. The molecule has 8 heteroatoms. The molecule has 0 amide bonds. The lowest BCUT2D eigenvalue weighted by Gasteiger charge is -2.31. The van der Waals surface area contributed by atoms with Gasteiger partial charge in [0.2, 0.25) is 10.0 Å². The Morgan fingerprint density at radius 3 is 2.77 bits per heavy atom. The Bertz CT molecular complexity index is 701. The minimum Gasteiger partial charge on any atom is -0.310 e. The lowest BCUT2D eigenvalue weighted by molar-refractivity contribution is 0.288. The van der Waals surface area contributed by atoms with Gasteiger partial charge in [0.15, 0.2) is 0 Å². The van der Waals surface area contributed by atoms with E-state index in [1.54, 1.807) is 28.9 Å². The van der Waals surface area contributed by atoms with Crippen molar-refractivity contribution in [3.63, 3.8) is 0 Å². The SMILES string of the molecule is Cn1cc(S(=O)(=O)N2CCC(NCc3ccsc3)CC2)cn1. The summed E-state index contributed by atoms with van der Waals surface area (Å²) >= 11 is 1.69. The predicted octanol–water partition coefficient (Wildman–Crippen LogP) is 1.42.